The molecular weight excluding hydrogens is 196 g/mol. The van der Waals surface area contributed by atoms with Crippen LogP contribution in [0.2, 0.25) is 0 Å². The van der Waals surface area contributed by atoms with Crippen LogP contribution in [0.5, 0.6) is 0 Å². The molecule has 0 aliphatic carbocycles. The molecule has 0 saturated heterocycles. The molecule has 0 aromatic heterocycles. The highest BCUT2D eigenvalue weighted by molar-refractivity contribution is 7.99. The predicted molar refractivity (Wildman–Crippen MR) is 59.2 cm³/mol. The molecule has 0 aliphatic rings. The Bertz CT molecular complexity index is 310. The maximum Gasteiger partial charge on any atom is 0.150 e. The Morgan fingerprint density at radius 1 is 1.50 bits per heavy atom. The van der Waals surface area contributed by atoms with E-state index in [1.807, 2.05) is 25.1 Å². The Balaban J connectivity index is 2.62. The van der Waals surface area contributed by atoms with E-state index in [1.165, 1.54) is 4.90 Å². The van der Waals surface area contributed by atoms with Crippen molar-refractivity contribution in [3.05, 3.63) is 29.3 Å². The van der Waals surface area contributed by atoms with E-state index in [1.54, 1.807) is 18.9 Å². The lowest BCUT2D eigenvalue weighted by Crippen LogP contribution is -1.92. The number of hydrogen-bond acceptors (Lipinski definition) is 3. The molecule has 0 aliphatic heterocycles. The molecule has 0 fully saturated rings. The van der Waals surface area contributed by atoms with Crippen molar-refractivity contribution < 1.29 is 9.53 Å². The van der Waals surface area contributed by atoms with Crippen molar-refractivity contribution in [1.82, 2.24) is 0 Å². The third-order valence-electron chi connectivity index (χ3n) is 1.92. The largest absolute Gasteiger partial charge is 0.384 e. The van der Waals surface area contributed by atoms with Crippen LogP contribution in [-0.4, -0.2) is 25.8 Å². The SMILES string of the molecule is COCCSc1ccc(C=O)c(C)c1. The molecule has 3 heteroatoms. The molecule has 1 aromatic carbocycles. The summed E-state index contributed by atoms with van der Waals surface area (Å²) in [6.07, 6.45) is 0.888. The summed E-state index contributed by atoms with van der Waals surface area (Å²) in [5.74, 6) is 0.941. The minimum Gasteiger partial charge on any atom is -0.384 e. The normalized spacial score (nSPS) is 10.1. The average molecular weight is 210 g/mol. The summed E-state index contributed by atoms with van der Waals surface area (Å²) in [6.45, 7) is 2.70. The number of carbonyl (C=O) groups is 1. The Kier molecular flexibility index (Phi) is 4.70. The van der Waals surface area contributed by atoms with Gasteiger partial charge in [0.1, 0.15) is 6.29 Å². The molecule has 1 aromatic rings. The first-order valence-corrected chi connectivity index (χ1v) is 5.44. The molecule has 0 bridgehead atoms. The van der Waals surface area contributed by atoms with Crippen LogP contribution >= 0.6 is 11.8 Å². The highest BCUT2D eigenvalue weighted by Gasteiger charge is 1.99. The number of rotatable bonds is 5. The van der Waals surface area contributed by atoms with Crippen LogP contribution in [0.25, 0.3) is 0 Å². The van der Waals surface area contributed by atoms with Gasteiger partial charge >= 0.3 is 0 Å². The summed E-state index contributed by atoms with van der Waals surface area (Å²) in [4.78, 5) is 11.8. The van der Waals surface area contributed by atoms with Gasteiger partial charge in [0.25, 0.3) is 0 Å². The van der Waals surface area contributed by atoms with Crippen molar-refractivity contribution in [2.75, 3.05) is 19.5 Å². The van der Waals surface area contributed by atoms with Gasteiger partial charge in [-0.1, -0.05) is 6.07 Å². The van der Waals surface area contributed by atoms with E-state index in [2.05, 4.69) is 0 Å². The topological polar surface area (TPSA) is 26.3 Å². The van der Waals surface area contributed by atoms with E-state index in [4.69, 9.17) is 4.74 Å². The van der Waals surface area contributed by atoms with Crippen LogP contribution < -0.4 is 0 Å². The molecular formula is C11H14O2S. The van der Waals surface area contributed by atoms with Gasteiger partial charge in [0, 0.05) is 23.3 Å². The first-order valence-electron chi connectivity index (χ1n) is 4.45. The molecule has 0 amide bonds. The number of aryl methyl sites for hydroxylation is 1. The van der Waals surface area contributed by atoms with Gasteiger partial charge in [-0.3, -0.25) is 4.79 Å². The number of hydrogen-bond donors (Lipinski definition) is 0. The molecule has 0 saturated carbocycles. The molecule has 0 heterocycles. The number of ether oxygens (including phenoxy) is 1. The average Bonchev–Trinajstić information content (AvgIpc) is 2.18. The minimum absolute atomic E-state index is 0.749. The van der Waals surface area contributed by atoms with Crippen LogP contribution in [-0.2, 0) is 4.74 Å². The van der Waals surface area contributed by atoms with Crippen LogP contribution in [0.1, 0.15) is 15.9 Å². The monoisotopic (exact) mass is 210 g/mol. The number of aldehydes is 1. The zero-order chi connectivity index (χ0) is 10.4. The van der Waals surface area contributed by atoms with Crippen molar-refractivity contribution in [2.45, 2.75) is 11.8 Å². The standard InChI is InChI=1S/C11H14O2S/c1-9-7-11(14-6-5-13-2)4-3-10(9)8-12/h3-4,7-8H,5-6H2,1-2H3. The van der Waals surface area contributed by atoms with Crippen molar-refractivity contribution >= 4 is 18.0 Å². The molecule has 0 N–H and O–H groups in total. The number of methoxy groups -OCH3 is 1. The second-order valence-electron chi connectivity index (χ2n) is 2.98. The van der Waals surface area contributed by atoms with Crippen LogP contribution in [0.4, 0.5) is 0 Å². The van der Waals surface area contributed by atoms with Crippen LogP contribution in [0, 0.1) is 6.92 Å². The van der Waals surface area contributed by atoms with E-state index in [0.29, 0.717) is 0 Å². The zero-order valence-electron chi connectivity index (χ0n) is 8.45. The van der Waals surface area contributed by atoms with Gasteiger partial charge in [-0.2, -0.15) is 0 Å². The molecule has 0 unspecified atom stereocenters. The molecule has 0 spiro atoms. The van der Waals surface area contributed by atoms with Gasteiger partial charge in [-0.25, -0.2) is 0 Å². The first-order chi connectivity index (χ1) is 6.77. The lowest BCUT2D eigenvalue weighted by molar-refractivity contribution is 0.112. The fraction of sp³-hybridized carbons (Fsp3) is 0.364. The number of carbonyl (C=O) groups excluding carboxylic acids is 1. The summed E-state index contributed by atoms with van der Waals surface area (Å²) >= 11 is 1.74. The Morgan fingerprint density at radius 2 is 2.29 bits per heavy atom. The van der Waals surface area contributed by atoms with Crippen LogP contribution in [0.3, 0.4) is 0 Å². The maximum absolute atomic E-state index is 10.6. The van der Waals surface area contributed by atoms with Gasteiger partial charge in [-0.15, -0.1) is 11.8 Å². The Hall–Kier alpha value is -0.800. The van der Waals surface area contributed by atoms with Gasteiger partial charge < -0.3 is 4.74 Å². The van der Waals surface area contributed by atoms with Crippen LogP contribution in [0.15, 0.2) is 23.1 Å². The van der Waals surface area contributed by atoms with E-state index < -0.39 is 0 Å². The number of benzene rings is 1. The highest BCUT2D eigenvalue weighted by atomic mass is 32.2. The third kappa shape index (κ3) is 3.16. The molecule has 2 nitrogen and oxygen atoms in total. The van der Waals surface area contributed by atoms with E-state index in [0.717, 1.165) is 29.8 Å². The Morgan fingerprint density at radius 3 is 2.86 bits per heavy atom. The Labute approximate surface area is 88.7 Å². The fourth-order valence-corrected chi connectivity index (χ4v) is 2.02. The van der Waals surface area contributed by atoms with Gasteiger partial charge in [-0.05, 0) is 24.6 Å². The predicted octanol–water partition coefficient (Wildman–Crippen LogP) is 2.55. The first kappa shape index (κ1) is 11.3. The highest BCUT2D eigenvalue weighted by Crippen LogP contribution is 2.20. The molecule has 76 valence electrons. The smallest absolute Gasteiger partial charge is 0.150 e. The van der Waals surface area contributed by atoms with Gasteiger partial charge in [0.15, 0.2) is 0 Å². The van der Waals surface area contributed by atoms with Crippen molar-refractivity contribution in [2.24, 2.45) is 0 Å². The fourth-order valence-electron chi connectivity index (χ4n) is 1.11. The molecule has 1 rings (SSSR count). The summed E-state index contributed by atoms with van der Waals surface area (Å²) < 4.78 is 4.96. The van der Waals surface area contributed by atoms with E-state index in [-0.39, 0.29) is 0 Å². The van der Waals surface area contributed by atoms with Gasteiger partial charge in [0.05, 0.1) is 6.61 Å². The molecule has 0 radical (unpaired) electrons. The quantitative estimate of drug-likeness (QED) is 0.424. The van der Waals surface area contributed by atoms with E-state index >= 15 is 0 Å². The summed E-state index contributed by atoms with van der Waals surface area (Å²) in [6, 6.07) is 5.86. The maximum atomic E-state index is 10.6. The minimum atomic E-state index is 0.749. The molecule has 0 atom stereocenters. The third-order valence-corrected chi connectivity index (χ3v) is 2.88. The summed E-state index contributed by atoms with van der Waals surface area (Å²) in [7, 11) is 1.70. The second-order valence-corrected chi connectivity index (χ2v) is 4.15. The second kappa shape index (κ2) is 5.83. The summed E-state index contributed by atoms with van der Waals surface area (Å²) in [5, 5.41) is 0. The van der Waals surface area contributed by atoms with E-state index in [9.17, 15) is 4.79 Å². The summed E-state index contributed by atoms with van der Waals surface area (Å²) in [5.41, 5.74) is 1.79. The van der Waals surface area contributed by atoms with Crippen molar-refractivity contribution in [3.8, 4) is 0 Å². The lowest BCUT2D eigenvalue weighted by atomic mass is 10.1. The lowest BCUT2D eigenvalue weighted by Gasteiger charge is -2.03. The van der Waals surface area contributed by atoms with Gasteiger partial charge in [0.2, 0.25) is 0 Å². The van der Waals surface area contributed by atoms with Crippen molar-refractivity contribution in [1.29, 1.82) is 0 Å². The van der Waals surface area contributed by atoms with Crippen molar-refractivity contribution in [3.63, 3.8) is 0 Å². The number of thioether (sulfide) groups is 1. The molecule has 14 heavy (non-hydrogen) atoms. The zero-order valence-corrected chi connectivity index (χ0v) is 9.26.